The van der Waals surface area contributed by atoms with Crippen molar-refractivity contribution in [2.75, 3.05) is 20.8 Å². The molecule has 1 heterocycles. The molecule has 3 aliphatic rings. The van der Waals surface area contributed by atoms with Gasteiger partial charge in [-0.15, -0.1) is 0 Å². The Morgan fingerprint density at radius 1 is 0.695 bits per heavy atom. The van der Waals surface area contributed by atoms with E-state index in [1.807, 2.05) is 18.2 Å². The van der Waals surface area contributed by atoms with Gasteiger partial charge >= 0.3 is 0 Å². The number of hydrogen-bond acceptors (Lipinski definition) is 5. The van der Waals surface area contributed by atoms with Crippen LogP contribution in [0.4, 0.5) is 0 Å². The van der Waals surface area contributed by atoms with Crippen LogP contribution in [0.25, 0.3) is 39.1 Å². The highest BCUT2D eigenvalue weighted by Gasteiger charge is 2.55. The molecule has 1 fully saturated rings. The third-order valence-corrected chi connectivity index (χ3v) is 13.0. The van der Waals surface area contributed by atoms with E-state index in [1.54, 1.807) is 14.2 Å². The summed E-state index contributed by atoms with van der Waals surface area (Å²) in [6, 6.07) is 36.7. The maximum atomic E-state index is 10.0. The average Bonchev–Trinajstić information content (AvgIpc) is 3.49. The van der Waals surface area contributed by atoms with E-state index in [0.29, 0.717) is 18.1 Å². The van der Waals surface area contributed by atoms with Gasteiger partial charge in [0.2, 0.25) is 0 Å². The number of aliphatic hydroxyl groups is 1. The molecular formula is C54H56O5. The third-order valence-electron chi connectivity index (χ3n) is 13.0. The van der Waals surface area contributed by atoms with Crippen molar-refractivity contribution in [3.8, 4) is 45.3 Å². The first kappa shape index (κ1) is 39.0. The number of ether oxygens (including phenoxy) is 4. The SMILES string of the molecule is CCCOc1ccc(C2(c3ccc(C)cc3)C=Cc3c4c(c5cc(-c6ccc(CO)cc6OC)c(OC)cc5c3O2)-c2ccccc2C42CC(C)(C)CC(C)(C)C2)cc1. The molecule has 1 unspecified atom stereocenters. The van der Waals surface area contributed by atoms with Crippen molar-refractivity contribution in [2.45, 2.75) is 84.8 Å². The largest absolute Gasteiger partial charge is 0.496 e. The molecule has 6 aromatic rings. The van der Waals surface area contributed by atoms with Crippen molar-refractivity contribution in [3.63, 3.8) is 0 Å². The monoisotopic (exact) mass is 784 g/mol. The lowest BCUT2D eigenvalue weighted by molar-refractivity contribution is 0.0642. The lowest BCUT2D eigenvalue weighted by atomic mass is 9.52. The van der Waals surface area contributed by atoms with Gasteiger partial charge in [0.05, 0.1) is 27.4 Å². The molecule has 6 aromatic carbocycles. The van der Waals surface area contributed by atoms with Crippen LogP contribution in [0.15, 0.2) is 109 Å². The summed E-state index contributed by atoms with van der Waals surface area (Å²) in [6.07, 6.45) is 8.82. The van der Waals surface area contributed by atoms with Gasteiger partial charge in [-0.05, 0) is 113 Å². The van der Waals surface area contributed by atoms with Gasteiger partial charge in [-0.3, -0.25) is 0 Å². The molecule has 1 N–H and O–H groups in total. The van der Waals surface area contributed by atoms with Crippen molar-refractivity contribution in [3.05, 3.63) is 148 Å². The lowest BCUT2D eigenvalue weighted by Crippen LogP contribution is -2.44. The molecule has 5 heteroatoms. The van der Waals surface area contributed by atoms with Crippen LogP contribution in [0.3, 0.4) is 0 Å². The van der Waals surface area contributed by atoms with E-state index in [4.69, 9.17) is 18.9 Å². The fraction of sp³-hybridized carbons (Fsp3) is 0.333. The minimum absolute atomic E-state index is 0.0707. The highest BCUT2D eigenvalue weighted by Crippen LogP contribution is 2.67. The Bertz CT molecular complexity index is 2600. The van der Waals surface area contributed by atoms with Crippen LogP contribution in [0.5, 0.6) is 23.0 Å². The molecule has 1 saturated carbocycles. The Hall–Kier alpha value is -5.52. The van der Waals surface area contributed by atoms with E-state index >= 15 is 0 Å². The molecule has 0 amide bonds. The van der Waals surface area contributed by atoms with Crippen molar-refractivity contribution in [2.24, 2.45) is 10.8 Å². The van der Waals surface area contributed by atoms with E-state index in [1.165, 1.54) is 27.8 Å². The normalized spacial score (nSPS) is 19.1. The van der Waals surface area contributed by atoms with Gasteiger partial charge < -0.3 is 24.1 Å². The summed E-state index contributed by atoms with van der Waals surface area (Å²) in [5, 5.41) is 12.1. The Morgan fingerprint density at radius 3 is 2.02 bits per heavy atom. The molecular weight excluding hydrogens is 729 g/mol. The topological polar surface area (TPSA) is 57.2 Å². The molecule has 0 bridgehead atoms. The number of methoxy groups -OCH3 is 2. The summed E-state index contributed by atoms with van der Waals surface area (Å²) < 4.78 is 26.1. The van der Waals surface area contributed by atoms with E-state index < -0.39 is 5.60 Å². The molecule has 5 nitrogen and oxygen atoms in total. The van der Waals surface area contributed by atoms with Crippen LogP contribution in [-0.2, 0) is 17.6 Å². The van der Waals surface area contributed by atoms with E-state index in [2.05, 4.69) is 139 Å². The number of aliphatic hydroxyl groups excluding tert-OH is 1. The number of benzene rings is 6. The molecule has 0 aromatic heterocycles. The Labute approximate surface area is 349 Å². The van der Waals surface area contributed by atoms with Crippen molar-refractivity contribution in [1.29, 1.82) is 0 Å². The average molecular weight is 785 g/mol. The van der Waals surface area contributed by atoms with Crippen LogP contribution >= 0.6 is 0 Å². The molecule has 0 saturated heterocycles. The quantitative estimate of drug-likeness (QED) is 0.158. The number of fused-ring (bicyclic) bond motifs is 10. The summed E-state index contributed by atoms with van der Waals surface area (Å²) in [7, 11) is 3.41. The highest BCUT2D eigenvalue weighted by molar-refractivity contribution is 6.11. The molecule has 0 radical (unpaired) electrons. The number of rotatable bonds is 9. The smallest absolute Gasteiger partial charge is 0.178 e. The molecule has 302 valence electrons. The summed E-state index contributed by atoms with van der Waals surface area (Å²) in [5.41, 5.74) is 11.4. The number of aryl methyl sites for hydroxylation is 1. The highest BCUT2D eigenvalue weighted by atomic mass is 16.5. The fourth-order valence-corrected chi connectivity index (χ4v) is 11.4. The van der Waals surface area contributed by atoms with E-state index in [-0.39, 0.29) is 22.9 Å². The Kier molecular flexibility index (Phi) is 9.47. The molecule has 1 aliphatic heterocycles. The molecule has 1 spiro atoms. The van der Waals surface area contributed by atoms with E-state index in [0.717, 1.165) is 81.3 Å². The first-order chi connectivity index (χ1) is 28.4. The van der Waals surface area contributed by atoms with Crippen LogP contribution in [0, 0.1) is 17.8 Å². The molecule has 59 heavy (non-hydrogen) atoms. The third kappa shape index (κ3) is 6.32. The molecule has 9 rings (SSSR count). The number of hydrogen-bond donors (Lipinski definition) is 1. The van der Waals surface area contributed by atoms with Gasteiger partial charge in [-0.25, -0.2) is 0 Å². The second-order valence-electron chi connectivity index (χ2n) is 18.7. The second kappa shape index (κ2) is 14.3. The van der Waals surface area contributed by atoms with Crippen molar-refractivity contribution < 1.29 is 24.1 Å². The standard InChI is InChI=1S/C54H56O5/c1-9-26-58-38-21-19-37(20-22-38)54(36-17-14-34(2)15-18-36)25-24-41-49-48(40-12-10-11-13-45(40)53(49)32-51(3,4)31-52(5,6)33-53)43-28-42(47(57-8)29-44(43)50(41)59-54)39-23-16-35(30-55)27-46(39)56-7/h10-25,27-29,55H,9,26,30-33H2,1-8H3. The Morgan fingerprint density at radius 2 is 1.36 bits per heavy atom. The minimum atomic E-state index is -0.926. The summed E-state index contributed by atoms with van der Waals surface area (Å²) >= 11 is 0. The van der Waals surface area contributed by atoms with Crippen LogP contribution in [-0.4, -0.2) is 25.9 Å². The zero-order chi connectivity index (χ0) is 41.3. The first-order valence-electron chi connectivity index (χ1n) is 21.1. The van der Waals surface area contributed by atoms with Gasteiger partial charge in [0.15, 0.2) is 5.60 Å². The van der Waals surface area contributed by atoms with Gasteiger partial charge in [-0.2, -0.15) is 0 Å². The second-order valence-corrected chi connectivity index (χ2v) is 18.7. The molecule has 1 atom stereocenters. The van der Waals surface area contributed by atoms with Gasteiger partial charge in [0.1, 0.15) is 23.0 Å². The van der Waals surface area contributed by atoms with Crippen LogP contribution in [0.1, 0.15) is 99.2 Å². The van der Waals surface area contributed by atoms with Gasteiger partial charge in [-0.1, -0.05) is 119 Å². The maximum absolute atomic E-state index is 10.0. The molecule has 2 aliphatic carbocycles. The summed E-state index contributed by atoms with van der Waals surface area (Å²) in [6.45, 7) is 14.7. The van der Waals surface area contributed by atoms with Gasteiger partial charge in [0.25, 0.3) is 0 Å². The summed E-state index contributed by atoms with van der Waals surface area (Å²) in [5.74, 6) is 3.10. The summed E-state index contributed by atoms with van der Waals surface area (Å²) in [4.78, 5) is 0. The van der Waals surface area contributed by atoms with E-state index in [9.17, 15) is 5.11 Å². The fourth-order valence-electron chi connectivity index (χ4n) is 11.4. The van der Waals surface area contributed by atoms with Gasteiger partial charge in [0, 0.05) is 38.6 Å². The Balaban J connectivity index is 1.39. The zero-order valence-electron chi connectivity index (χ0n) is 35.8. The maximum Gasteiger partial charge on any atom is 0.178 e. The minimum Gasteiger partial charge on any atom is -0.496 e. The zero-order valence-corrected chi connectivity index (χ0v) is 35.8. The lowest BCUT2D eigenvalue weighted by Gasteiger charge is -2.52. The van der Waals surface area contributed by atoms with Crippen molar-refractivity contribution in [1.82, 2.24) is 0 Å². The predicted octanol–water partition coefficient (Wildman–Crippen LogP) is 13.0. The predicted molar refractivity (Wildman–Crippen MR) is 240 cm³/mol. The van der Waals surface area contributed by atoms with Crippen LogP contribution in [0.2, 0.25) is 0 Å². The first-order valence-corrected chi connectivity index (χ1v) is 21.1. The van der Waals surface area contributed by atoms with Crippen LogP contribution < -0.4 is 18.9 Å². The van der Waals surface area contributed by atoms with Crippen molar-refractivity contribution >= 4 is 16.8 Å².